The summed E-state index contributed by atoms with van der Waals surface area (Å²) in [6.07, 6.45) is 10.6. The van der Waals surface area contributed by atoms with Gasteiger partial charge in [-0.3, -0.25) is 9.98 Å². The lowest BCUT2D eigenvalue weighted by Gasteiger charge is -2.03. The number of aromatic nitrogens is 2. The summed E-state index contributed by atoms with van der Waals surface area (Å²) in [7, 11) is 0. The standard InChI is InChI=1S/C16H13N3.3C2H6/c1-2-7-13(17-11-4-1)15-9-6-10-16(19-15)14-8-3-5-12-18-14;3*1-2/h2-12H,1H2;3*1-2H3. The highest BCUT2D eigenvalue weighted by atomic mass is 14.8. The van der Waals surface area contributed by atoms with Gasteiger partial charge in [-0.05, 0) is 36.8 Å². The second-order valence-corrected chi connectivity index (χ2v) is 4.16. The van der Waals surface area contributed by atoms with Crippen LogP contribution in [-0.2, 0) is 0 Å². The van der Waals surface area contributed by atoms with Crippen molar-refractivity contribution >= 4 is 5.71 Å². The average Bonchev–Trinajstić information content (AvgIpc) is 3.03. The van der Waals surface area contributed by atoms with Gasteiger partial charge in [0.05, 0.1) is 22.8 Å². The number of nitrogens with zero attached hydrogens (tertiary/aromatic N) is 3. The van der Waals surface area contributed by atoms with Crippen LogP contribution < -0.4 is 0 Å². The van der Waals surface area contributed by atoms with Crippen molar-refractivity contribution in [2.45, 2.75) is 48.0 Å². The first-order valence-corrected chi connectivity index (χ1v) is 9.22. The highest BCUT2D eigenvalue weighted by Crippen LogP contribution is 2.15. The highest BCUT2D eigenvalue weighted by Gasteiger charge is 2.05. The molecule has 1 aliphatic rings. The van der Waals surface area contributed by atoms with Gasteiger partial charge in [0.25, 0.3) is 0 Å². The van der Waals surface area contributed by atoms with E-state index in [9.17, 15) is 0 Å². The first kappa shape index (κ1) is 22.4. The zero-order valence-electron chi connectivity index (χ0n) is 16.4. The van der Waals surface area contributed by atoms with E-state index < -0.39 is 0 Å². The molecule has 0 unspecified atom stereocenters. The maximum Gasteiger partial charge on any atom is 0.0894 e. The van der Waals surface area contributed by atoms with Crippen LogP contribution in [0, 0.1) is 0 Å². The van der Waals surface area contributed by atoms with Crippen molar-refractivity contribution in [3.05, 3.63) is 72.7 Å². The van der Waals surface area contributed by atoms with Gasteiger partial charge in [-0.15, -0.1) is 0 Å². The third-order valence-electron chi connectivity index (χ3n) is 2.81. The molecule has 3 heteroatoms. The van der Waals surface area contributed by atoms with Gasteiger partial charge in [-0.1, -0.05) is 65.8 Å². The number of rotatable bonds is 2. The molecule has 0 saturated carbocycles. The Kier molecular flexibility index (Phi) is 13.5. The van der Waals surface area contributed by atoms with Crippen LogP contribution in [0.15, 0.2) is 72.0 Å². The summed E-state index contributed by atoms with van der Waals surface area (Å²) in [5.41, 5.74) is 3.48. The van der Waals surface area contributed by atoms with Gasteiger partial charge in [0.15, 0.2) is 0 Å². The minimum atomic E-state index is 0.863. The average molecular weight is 338 g/mol. The van der Waals surface area contributed by atoms with Gasteiger partial charge in [-0.25, -0.2) is 4.98 Å². The Morgan fingerprint density at radius 1 is 0.720 bits per heavy atom. The fourth-order valence-corrected chi connectivity index (χ4v) is 1.88. The maximum absolute atomic E-state index is 4.63. The molecule has 3 nitrogen and oxygen atoms in total. The molecular weight excluding hydrogens is 306 g/mol. The van der Waals surface area contributed by atoms with Crippen LogP contribution in [0.2, 0.25) is 0 Å². The fourth-order valence-electron chi connectivity index (χ4n) is 1.88. The van der Waals surface area contributed by atoms with E-state index in [4.69, 9.17) is 0 Å². The zero-order chi connectivity index (χ0) is 18.9. The summed E-state index contributed by atoms with van der Waals surface area (Å²) < 4.78 is 0. The first-order chi connectivity index (χ1) is 12.4. The summed E-state index contributed by atoms with van der Waals surface area (Å²) in [6.45, 7) is 12.0. The minimum Gasteiger partial charge on any atom is -0.255 e. The van der Waals surface area contributed by atoms with Crippen molar-refractivity contribution in [3.8, 4) is 11.4 Å². The van der Waals surface area contributed by atoms with Crippen LogP contribution in [0.5, 0.6) is 0 Å². The van der Waals surface area contributed by atoms with E-state index in [-0.39, 0.29) is 0 Å². The Morgan fingerprint density at radius 2 is 1.40 bits per heavy atom. The predicted molar refractivity (Wildman–Crippen MR) is 111 cm³/mol. The molecule has 2 aromatic heterocycles. The van der Waals surface area contributed by atoms with Crippen LogP contribution in [0.4, 0.5) is 0 Å². The number of hydrogen-bond donors (Lipinski definition) is 0. The number of pyridine rings is 2. The highest BCUT2D eigenvalue weighted by molar-refractivity contribution is 6.08. The summed E-state index contributed by atoms with van der Waals surface area (Å²) in [5, 5.41) is 0. The monoisotopic (exact) mass is 337 g/mol. The van der Waals surface area contributed by atoms with E-state index in [0.717, 1.165) is 29.2 Å². The SMILES string of the molecule is C1=CN=C(c2cccc(-c3ccccn3)n2)C=CC1.CC.CC.CC. The smallest absolute Gasteiger partial charge is 0.0894 e. The Balaban J connectivity index is 0.000000871. The molecule has 0 spiro atoms. The zero-order valence-corrected chi connectivity index (χ0v) is 16.4. The lowest BCUT2D eigenvalue weighted by atomic mass is 10.2. The predicted octanol–water partition coefficient (Wildman–Crippen LogP) is 6.48. The van der Waals surface area contributed by atoms with Gasteiger partial charge < -0.3 is 0 Å². The van der Waals surface area contributed by atoms with Crippen molar-refractivity contribution in [3.63, 3.8) is 0 Å². The van der Waals surface area contributed by atoms with E-state index in [1.165, 1.54) is 0 Å². The van der Waals surface area contributed by atoms with Gasteiger partial charge in [0.2, 0.25) is 0 Å². The molecule has 0 amide bonds. The van der Waals surface area contributed by atoms with E-state index in [0.29, 0.717) is 0 Å². The molecule has 3 rings (SSSR count). The Bertz CT molecular complexity index is 656. The van der Waals surface area contributed by atoms with Gasteiger partial charge in [0.1, 0.15) is 0 Å². The van der Waals surface area contributed by atoms with Crippen LogP contribution in [0.25, 0.3) is 11.4 Å². The topological polar surface area (TPSA) is 38.1 Å². The number of aliphatic imine (C=N–C) groups is 1. The summed E-state index contributed by atoms with van der Waals surface area (Å²) in [6, 6.07) is 11.7. The maximum atomic E-state index is 4.63. The third-order valence-corrected chi connectivity index (χ3v) is 2.81. The van der Waals surface area contributed by atoms with Crippen molar-refractivity contribution in [1.29, 1.82) is 0 Å². The molecule has 0 bridgehead atoms. The van der Waals surface area contributed by atoms with Crippen molar-refractivity contribution in [1.82, 2.24) is 9.97 Å². The number of allylic oxidation sites excluding steroid dienone is 3. The van der Waals surface area contributed by atoms with E-state index in [2.05, 4.69) is 21.0 Å². The summed E-state index contributed by atoms with van der Waals surface area (Å²) >= 11 is 0. The Hall–Kier alpha value is -2.55. The third kappa shape index (κ3) is 7.71. The largest absolute Gasteiger partial charge is 0.255 e. The van der Waals surface area contributed by atoms with E-state index in [1.54, 1.807) is 6.20 Å². The van der Waals surface area contributed by atoms with E-state index >= 15 is 0 Å². The molecule has 25 heavy (non-hydrogen) atoms. The van der Waals surface area contributed by atoms with Crippen molar-refractivity contribution < 1.29 is 0 Å². The molecule has 0 radical (unpaired) electrons. The Labute approximate surface area is 153 Å². The van der Waals surface area contributed by atoms with Crippen molar-refractivity contribution in [2.75, 3.05) is 0 Å². The molecular formula is C22H31N3. The lowest BCUT2D eigenvalue weighted by molar-refractivity contribution is 1.23. The minimum absolute atomic E-state index is 0.863. The van der Waals surface area contributed by atoms with Gasteiger partial charge >= 0.3 is 0 Å². The van der Waals surface area contributed by atoms with Crippen LogP contribution >= 0.6 is 0 Å². The van der Waals surface area contributed by atoms with Gasteiger partial charge in [-0.2, -0.15) is 0 Å². The van der Waals surface area contributed by atoms with Crippen LogP contribution in [0.3, 0.4) is 0 Å². The molecule has 0 saturated heterocycles. The Morgan fingerprint density at radius 3 is 2.08 bits per heavy atom. The number of hydrogen-bond acceptors (Lipinski definition) is 3. The molecule has 1 aliphatic heterocycles. The summed E-state index contributed by atoms with van der Waals surface area (Å²) in [4.78, 5) is 13.3. The molecule has 0 aliphatic carbocycles. The molecule has 0 aromatic carbocycles. The molecule has 0 atom stereocenters. The normalized spacial score (nSPS) is 11.4. The van der Waals surface area contributed by atoms with E-state index in [1.807, 2.05) is 96.3 Å². The fraction of sp³-hybridized carbons (Fsp3) is 0.318. The molecule has 3 heterocycles. The second-order valence-electron chi connectivity index (χ2n) is 4.16. The van der Waals surface area contributed by atoms with Crippen molar-refractivity contribution in [2.24, 2.45) is 4.99 Å². The summed E-state index contributed by atoms with van der Waals surface area (Å²) in [5.74, 6) is 0. The molecule has 134 valence electrons. The molecule has 2 aromatic rings. The van der Waals surface area contributed by atoms with Crippen LogP contribution in [0.1, 0.15) is 53.7 Å². The first-order valence-electron chi connectivity index (χ1n) is 9.22. The molecule has 0 fully saturated rings. The van der Waals surface area contributed by atoms with Crippen LogP contribution in [-0.4, -0.2) is 15.7 Å². The second kappa shape index (κ2) is 15.0. The lowest BCUT2D eigenvalue weighted by Crippen LogP contribution is -2.01. The quantitative estimate of drug-likeness (QED) is 0.628. The molecule has 0 N–H and O–H groups in total. The van der Waals surface area contributed by atoms with Gasteiger partial charge in [0, 0.05) is 12.4 Å².